The number of anilines is 1. The molecule has 0 saturated heterocycles. The quantitative estimate of drug-likeness (QED) is 0.501. The Morgan fingerprint density at radius 2 is 1.77 bits per heavy atom. The summed E-state index contributed by atoms with van der Waals surface area (Å²) < 4.78 is 6.54. The number of rotatable bonds is 5. The zero-order chi connectivity index (χ0) is 21.5. The summed E-state index contributed by atoms with van der Waals surface area (Å²) in [6.45, 7) is 2.06. The standard InChI is InChI=1S/C23H24BrN5O2/c1-15-4-6-16(7-5-15)18-26-21(31-29-18)23-11-8-22(9-12-23,10-13-23)20(30)28-27-19-17(24)3-2-14-25-19/h2-7,14H,8-13H2,1H3,(H,25,27)(H,28,30). The van der Waals surface area contributed by atoms with E-state index >= 15 is 0 Å². The van der Waals surface area contributed by atoms with Crippen molar-refractivity contribution in [2.24, 2.45) is 5.41 Å². The Morgan fingerprint density at radius 1 is 1.06 bits per heavy atom. The topological polar surface area (TPSA) is 92.9 Å². The summed E-state index contributed by atoms with van der Waals surface area (Å²) in [5, 5.41) is 4.24. The van der Waals surface area contributed by atoms with Gasteiger partial charge in [-0.2, -0.15) is 4.98 Å². The summed E-state index contributed by atoms with van der Waals surface area (Å²) in [5.74, 6) is 1.98. The van der Waals surface area contributed by atoms with E-state index in [0.717, 1.165) is 48.6 Å². The second kappa shape index (κ2) is 7.75. The summed E-state index contributed by atoms with van der Waals surface area (Å²) in [7, 11) is 0. The number of carbonyl (C=O) groups is 1. The normalized spacial score (nSPS) is 24.7. The van der Waals surface area contributed by atoms with Gasteiger partial charge in [0.25, 0.3) is 0 Å². The monoisotopic (exact) mass is 481 g/mol. The highest BCUT2D eigenvalue weighted by molar-refractivity contribution is 9.10. The molecule has 160 valence electrons. The number of nitrogens with zero attached hydrogens (tertiary/aromatic N) is 3. The molecule has 3 aromatic rings. The Bertz CT molecular complexity index is 1090. The second-order valence-corrected chi connectivity index (χ2v) is 9.62. The molecular formula is C23H24BrN5O2. The molecule has 0 radical (unpaired) electrons. The van der Waals surface area contributed by atoms with E-state index < -0.39 is 0 Å². The van der Waals surface area contributed by atoms with E-state index in [9.17, 15) is 4.79 Å². The summed E-state index contributed by atoms with van der Waals surface area (Å²) >= 11 is 3.44. The van der Waals surface area contributed by atoms with Gasteiger partial charge in [0, 0.05) is 17.2 Å². The van der Waals surface area contributed by atoms with Crippen molar-refractivity contribution in [3.8, 4) is 11.4 Å². The fourth-order valence-corrected chi connectivity index (χ4v) is 5.19. The molecule has 1 amide bonds. The van der Waals surface area contributed by atoms with Gasteiger partial charge in [-0.15, -0.1) is 0 Å². The Labute approximate surface area is 189 Å². The summed E-state index contributed by atoms with van der Waals surface area (Å²) in [4.78, 5) is 22.0. The highest BCUT2D eigenvalue weighted by Gasteiger charge is 2.55. The Balaban J connectivity index is 1.27. The first-order chi connectivity index (χ1) is 15.0. The largest absolute Gasteiger partial charge is 0.338 e. The number of aromatic nitrogens is 3. The Morgan fingerprint density at radius 3 is 2.45 bits per heavy atom. The number of carbonyl (C=O) groups excluding carboxylic acids is 1. The van der Waals surface area contributed by atoms with Crippen LogP contribution in [-0.2, 0) is 10.2 Å². The molecular weight excluding hydrogens is 458 g/mol. The average Bonchev–Trinajstić information content (AvgIpc) is 3.31. The van der Waals surface area contributed by atoms with Gasteiger partial charge in [0.2, 0.25) is 17.6 Å². The van der Waals surface area contributed by atoms with E-state index in [2.05, 4.69) is 56.0 Å². The smallest absolute Gasteiger partial charge is 0.244 e. The van der Waals surface area contributed by atoms with E-state index in [1.807, 2.05) is 24.3 Å². The maximum atomic E-state index is 13.0. The third kappa shape index (κ3) is 3.63. The number of benzene rings is 1. The number of pyridine rings is 1. The van der Waals surface area contributed by atoms with E-state index in [0.29, 0.717) is 17.5 Å². The number of fused-ring (bicyclic) bond motifs is 3. The van der Waals surface area contributed by atoms with Crippen molar-refractivity contribution in [3.63, 3.8) is 0 Å². The van der Waals surface area contributed by atoms with Crippen molar-refractivity contribution in [1.82, 2.24) is 20.6 Å². The Kier molecular flexibility index (Phi) is 5.04. The van der Waals surface area contributed by atoms with E-state index in [4.69, 9.17) is 9.51 Å². The minimum Gasteiger partial charge on any atom is -0.338 e. The van der Waals surface area contributed by atoms with Crippen LogP contribution >= 0.6 is 15.9 Å². The minimum atomic E-state index is -0.351. The van der Waals surface area contributed by atoms with E-state index in [-0.39, 0.29) is 16.7 Å². The van der Waals surface area contributed by atoms with Crippen LogP contribution in [0.2, 0.25) is 0 Å². The highest BCUT2D eigenvalue weighted by Crippen LogP contribution is 2.57. The van der Waals surface area contributed by atoms with Gasteiger partial charge in [-0.1, -0.05) is 35.0 Å². The number of hydrazine groups is 1. The number of aryl methyl sites for hydroxylation is 1. The van der Waals surface area contributed by atoms with Crippen LogP contribution in [-0.4, -0.2) is 21.0 Å². The van der Waals surface area contributed by atoms with E-state index in [1.54, 1.807) is 6.20 Å². The lowest BCUT2D eigenvalue weighted by molar-refractivity contribution is -0.137. The molecule has 2 heterocycles. The fourth-order valence-electron chi connectivity index (χ4n) is 4.83. The third-order valence-corrected chi connectivity index (χ3v) is 7.61. The van der Waals surface area contributed by atoms with Crippen LogP contribution in [0.1, 0.15) is 50.0 Å². The van der Waals surface area contributed by atoms with Crippen LogP contribution < -0.4 is 10.9 Å². The molecule has 0 spiro atoms. The highest BCUT2D eigenvalue weighted by atomic mass is 79.9. The number of amides is 1. The zero-order valence-corrected chi connectivity index (χ0v) is 18.9. The van der Waals surface area contributed by atoms with Gasteiger partial charge in [-0.05, 0) is 73.5 Å². The molecule has 7 nitrogen and oxygen atoms in total. The first kappa shape index (κ1) is 20.2. The van der Waals surface area contributed by atoms with Crippen molar-refractivity contribution in [2.45, 2.75) is 50.9 Å². The fraction of sp³-hybridized carbons (Fsp3) is 0.391. The van der Waals surface area contributed by atoms with Crippen LogP contribution in [0, 0.1) is 12.3 Å². The zero-order valence-electron chi connectivity index (χ0n) is 17.3. The summed E-state index contributed by atoms with van der Waals surface area (Å²) in [6, 6.07) is 11.9. The SMILES string of the molecule is Cc1ccc(-c2noc(C34CCC(C(=O)NNc5ncccc5Br)(CC3)CC4)n2)cc1. The van der Waals surface area contributed by atoms with Crippen LogP contribution in [0.15, 0.2) is 51.6 Å². The molecule has 2 aromatic heterocycles. The number of hydrogen-bond donors (Lipinski definition) is 2. The van der Waals surface area contributed by atoms with Gasteiger partial charge in [-0.25, -0.2) is 4.98 Å². The van der Waals surface area contributed by atoms with Crippen LogP contribution in [0.4, 0.5) is 5.82 Å². The maximum absolute atomic E-state index is 13.0. The molecule has 0 aliphatic heterocycles. The maximum Gasteiger partial charge on any atom is 0.244 e. The molecule has 1 aromatic carbocycles. The molecule has 3 saturated carbocycles. The minimum absolute atomic E-state index is 0.0317. The van der Waals surface area contributed by atoms with Gasteiger partial charge in [0.15, 0.2) is 5.82 Å². The van der Waals surface area contributed by atoms with Crippen molar-refractivity contribution in [1.29, 1.82) is 0 Å². The van der Waals surface area contributed by atoms with Crippen LogP contribution in [0.25, 0.3) is 11.4 Å². The number of nitrogens with one attached hydrogen (secondary N) is 2. The molecule has 3 aliphatic rings. The first-order valence-corrected chi connectivity index (χ1v) is 11.4. The average molecular weight is 482 g/mol. The Hall–Kier alpha value is -2.74. The number of halogens is 1. The lowest BCUT2D eigenvalue weighted by Gasteiger charge is -2.50. The van der Waals surface area contributed by atoms with Gasteiger partial charge in [-0.3, -0.25) is 15.6 Å². The van der Waals surface area contributed by atoms with Crippen molar-refractivity contribution in [3.05, 3.63) is 58.5 Å². The third-order valence-electron chi connectivity index (χ3n) is 6.97. The lowest BCUT2D eigenvalue weighted by atomic mass is 9.53. The molecule has 0 unspecified atom stereocenters. The predicted molar refractivity (Wildman–Crippen MR) is 120 cm³/mol. The lowest BCUT2D eigenvalue weighted by Crippen LogP contribution is -2.52. The molecule has 6 rings (SSSR count). The van der Waals surface area contributed by atoms with Crippen LogP contribution in [0.5, 0.6) is 0 Å². The molecule has 8 heteroatoms. The molecule has 2 N–H and O–H groups in total. The van der Waals surface area contributed by atoms with Crippen molar-refractivity contribution >= 4 is 27.7 Å². The summed E-state index contributed by atoms with van der Waals surface area (Å²) in [6.07, 6.45) is 6.75. The van der Waals surface area contributed by atoms with Crippen molar-refractivity contribution < 1.29 is 9.32 Å². The number of hydrogen-bond acceptors (Lipinski definition) is 6. The van der Waals surface area contributed by atoms with Gasteiger partial charge in [0.05, 0.1) is 9.89 Å². The molecule has 31 heavy (non-hydrogen) atoms. The van der Waals surface area contributed by atoms with Crippen LogP contribution in [0.3, 0.4) is 0 Å². The van der Waals surface area contributed by atoms with Gasteiger partial charge >= 0.3 is 0 Å². The van der Waals surface area contributed by atoms with E-state index in [1.165, 1.54) is 5.56 Å². The summed E-state index contributed by atoms with van der Waals surface area (Å²) in [5.41, 5.74) is 7.52. The molecule has 0 atom stereocenters. The molecule has 3 fully saturated rings. The first-order valence-electron chi connectivity index (χ1n) is 10.6. The molecule has 3 aliphatic carbocycles. The van der Waals surface area contributed by atoms with Gasteiger partial charge < -0.3 is 4.52 Å². The van der Waals surface area contributed by atoms with Crippen molar-refractivity contribution in [2.75, 3.05) is 5.43 Å². The van der Waals surface area contributed by atoms with Gasteiger partial charge in [0.1, 0.15) is 0 Å². The molecule has 2 bridgehead atoms. The second-order valence-electron chi connectivity index (χ2n) is 8.76. The predicted octanol–water partition coefficient (Wildman–Crippen LogP) is 4.94.